The standard InChI is InChI=1S/C18H26N4/c1-4-6-9-17(15-8-7-11-19-13-15)22(3)14-16-10-12-20-18(5-2)21-16/h7-8,10-13,17H,4-6,9,14H2,1-3H3. The first kappa shape index (κ1) is 16.6. The number of rotatable bonds is 8. The van der Waals surface area contributed by atoms with Gasteiger partial charge in [0.15, 0.2) is 0 Å². The Morgan fingerprint density at radius 1 is 1.18 bits per heavy atom. The number of hydrogen-bond acceptors (Lipinski definition) is 4. The third kappa shape index (κ3) is 4.60. The summed E-state index contributed by atoms with van der Waals surface area (Å²) in [5, 5.41) is 0. The van der Waals surface area contributed by atoms with E-state index in [-0.39, 0.29) is 0 Å². The minimum Gasteiger partial charge on any atom is -0.293 e. The molecular formula is C18H26N4. The summed E-state index contributed by atoms with van der Waals surface area (Å²) >= 11 is 0. The molecule has 2 heterocycles. The predicted molar refractivity (Wildman–Crippen MR) is 89.4 cm³/mol. The van der Waals surface area contributed by atoms with Gasteiger partial charge in [0, 0.05) is 37.6 Å². The van der Waals surface area contributed by atoms with Gasteiger partial charge in [0.1, 0.15) is 5.82 Å². The Hall–Kier alpha value is -1.81. The highest BCUT2D eigenvalue weighted by Gasteiger charge is 2.17. The van der Waals surface area contributed by atoms with Crippen molar-refractivity contribution in [2.75, 3.05) is 7.05 Å². The van der Waals surface area contributed by atoms with Gasteiger partial charge in [-0.1, -0.05) is 32.8 Å². The van der Waals surface area contributed by atoms with Crippen molar-refractivity contribution in [1.29, 1.82) is 0 Å². The molecule has 0 spiro atoms. The number of aryl methyl sites for hydroxylation is 1. The van der Waals surface area contributed by atoms with Gasteiger partial charge in [-0.3, -0.25) is 9.88 Å². The van der Waals surface area contributed by atoms with Crippen LogP contribution in [0.5, 0.6) is 0 Å². The zero-order chi connectivity index (χ0) is 15.8. The molecule has 22 heavy (non-hydrogen) atoms. The van der Waals surface area contributed by atoms with Crippen LogP contribution in [0.1, 0.15) is 56.2 Å². The van der Waals surface area contributed by atoms with E-state index >= 15 is 0 Å². The number of pyridine rings is 1. The van der Waals surface area contributed by atoms with Gasteiger partial charge in [-0.2, -0.15) is 0 Å². The Morgan fingerprint density at radius 3 is 2.73 bits per heavy atom. The van der Waals surface area contributed by atoms with Crippen molar-refractivity contribution in [2.45, 2.75) is 52.1 Å². The smallest absolute Gasteiger partial charge is 0.128 e. The first-order valence-corrected chi connectivity index (χ1v) is 8.15. The number of unbranched alkanes of at least 4 members (excludes halogenated alkanes) is 1. The Balaban J connectivity index is 2.12. The molecule has 4 heteroatoms. The molecular weight excluding hydrogens is 272 g/mol. The van der Waals surface area contributed by atoms with Gasteiger partial charge >= 0.3 is 0 Å². The zero-order valence-corrected chi connectivity index (χ0v) is 13.9. The van der Waals surface area contributed by atoms with Gasteiger partial charge in [0.05, 0.1) is 5.69 Å². The van der Waals surface area contributed by atoms with E-state index in [1.807, 2.05) is 30.7 Å². The molecule has 0 saturated heterocycles. The van der Waals surface area contributed by atoms with Crippen molar-refractivity contribution in [2.24, 2.45) is 0 Å². The first-order chi connectivity index (χ1) is 10.7. The van der Waals surface area contributed by atoms with E-state index in [9.17, 15) is 0 Å². The van der Waals surface area contributed by atoms with Crippen LogP contribution in [0.15, 0.2) is 36.8 Å². The summed E-state index contributed by atoms with van der Waals surface area (Å²) in [4.78, 5) is 15.5. The van der Waals surface area contributed by atoms with E-state index in [4.69, 9.17) is 0 Å². The van der Waals surface area contributed by atoms with Crippen LogP contribution in [0.25, 0.3) is 0 Å². The maximum Gasteiger partial charge on any atom is 0.128 e. The van der Waals surface area contributed by atoms with E-state index in [0.29, 0.717) is 6.04 Å². The van der Waals surface area contributed by atoms with Crippen molar-refractivity contribution in [3.8, 4) is 0 Å². The number of nitrogens with zero attached hydrogens (tertiary/aromatic N) is 4. The molecule has 2 aromatic heterocycles. The summed E-state index contributed by atoms with van der Waals surface area (Å²) < 4.78 is 0. The molecule has 0 aliphatic rings. The van der Waals surface area contributed by atoms with Crippen molar-refractivity contribution < 1.29 is 0 Å². The average molecular weight is 298 g/mol. The third-order valence-corrected chi connectivity index (χ3v) is 3.92. The molecule has 0 aliphatic heterocycles. The highest BCUT2D eigenvalue weighted by atomic mass is 15.1. The topological polar surface area (TPSA) is 41.9 Å². The Bertz CT molecular complexity index is 556. The van der Waals surface area contributed by atoms with Crippen molar-refractivity contribution in [3.05, 3.63) is 53.9 Å². The minimum atomic E-state index is 0.383. The van der Waals surface area contributed by atoms with Gasteiger partial charge < -0.3 is 0 Å². The van der Waals surface area contributed by atoms with Crippen LogP contribution in [0.2, 0.25) is 0 Å². The summed E-state index contributed by atoms with van der Waals surface area (Å²) in [5.74, 6) is 0.914. The van der Waals surface area contributed by atoms with E-state index in [1.165, 1.54) is 18.4 Å². The molecule has 0 aliphatic carbocycles. The molecule has 0 N–H and O–H groups in total. The van der Waals surface area contributed by atoms with Crippen LogP contribution >= 0.6 is 0 Å². The van der Waals surface area contributed by atoms with Gasteiger partial charge in [-0.05, 0) is 31.2 Å². The second-order valence-electron chi connectivity index (χ2n) is 5.68. The molecule has 0 aromatic carbocycles. The summed E-state index contributed by atoms with van der Waals surface area (Å²) in [6, 6.07) is 6.58. The molecule has 1 unspecified atom stereocenters. The summed E-state index contributed by atoms with van der Waals surface area (Å²) in [6.45, 7) is 5.15. The third-order valence-electron chi connectivity index (χ3n) is 3.92. The lowest BCUT2D eigenvalue weighted by atomic mass is 10.0. The highest BCUT2D eigenvalue weighted by molar-refractivity contribution is 5.14. The van der Waals surface area contributed by atoms with Gasteiger partial charge in [0.25, 0.3) is 0 Å². The maximum absolute atomic E-state index is 4.62. The SMILES string of the molecule is CCCCC(c1cccnc1)N(C)Cc1ccnc(CC)n1. The van der Waals surface area contributed by atoms with Crippen LogP contribution in [0.4, 0.5) is 0 Å². The fraction of sp³-hybridized carbons (Fsp3) is 0.500. The van der Waals surface area contributed by atoms with E-state index < -0.39 is 0 Å². The van der Waals surface area contributed by atoms with Crippen molar-refractivity contribution >= 4 is 0 Å². The molecule has 0 saturated carbocycles. The zero-order valence-electron chi connectivity index (χ0n) is 13.9. The van der Waals surface area contributed by atoms with E-state index in [0.717, 1.165) is 30.9 Å². The van der Waals surface area contributed by atoms with Crippen molar-refractivity contribution in [1.82, 2.24) is 19.9 Å². The average Bonchev–Trinajstić information content (AvgIpc) is 2.56. The normalized spacial score (nSPS) is 12.5. The van der Waals surface area contributed by atoms with Crippen LogP contribution < -0.4 is 0 Å². The first-order valence-electron chi connectivity index (χ1n) is 8.15. The molecule has 4 nitrogen and oxygen atoms in total. The molecule has 2 rings (SSSR count). The fourth-order valence-corrected chi connectivity index (χ4v) is 2.68. The Morgan fingerprint density at radius 2 is 2.05 bits per heavy atom. The second kappa shape index (κ2) is 8.59. The molecule has 0 bridgehead atoms. The monoisotopic (exact) mass is 298 g/mol. The maximum atomic E-state index is 4.62. The highest BCUT2D eigenvalue weighted by Crippen LogP contribution is 2.25. The van der Waals surface area contributed by atoms with Crippen molar-refractivity contribution in [3.63, 3.8) is 0 Å². The fourth-order valence-electron chi connectivity index (χ4n) is 2.68. The quantitative estimate of drug-likeness (QED) is 0.743. The minimum absolute atomic E-state index is 0.383. The molecule has 0 amide bonds. The molecule has 118 valence electrons. The lowest BCUT2D eigenvalue weighted by Crippen LogP contribution is -2.25. The van der Waals surface area contributed by atoms with Crippen LogP contribution in [0, 0.1) is 0 Å². The molecule has 0 fully saturated rings. The summed E-state index contributed by atoms with van der Waals surface area (Å²) in [7, 11) is 2.17. The lowest BCUT2D eigenvalue weighted by Gasteiger charge is -2.28. The number of hydrogen-bond donors (Lipinski definition) is 0. The van der Waals surface area contributed by atoms with Crippen LogP contribution in [-0.4, -0.2) is 26.9 Å². The van der Waals surface area contributed by atoms with Crippen LogP contribution in [-0.2, 0) is 13.0 Å². The van der Waals surface area contributed by atoms with Gasteiger partial charge in [0.2, 0.25) is 0 Å². The van der Waals surface area contributed by atoms with Crippen LogP contribution in [0.3, 0.4) is 0 Å². The second-order valence-corrected chi connectivity index (χ2v) is 5.68. The summed E-state index contributed by atoms with van der Waals surface area (Å²) in [6.07, 6.45) is 10.1. The molecule has 0 radical (unpaired) electrons. The van der Waals surface area contributed by atoms with E-state index in [2.05, 4.69) is 46.8 Å². The Kier molecular flexibility index (Phi) is 6.46. The van der Waals surface area contributed by atoms with Gasteiger partial charge in [-0.15, -0.1) is 0 Å². The summed E-state index contributed by atoms with van der Waals surface area (Å²) in [5.41, 5.74) is 2.36. The number of aromatic nitrogens is 3. The Labute approximate surface area is 133 Å². The van der Waals surface area contributed by atoms with E-state index in [1.54, 1.807) is 0 Å². The largest absolute Gasteiger partial charge is 0.293 e. The molecule has 2 aromatic rings. The van der Waals surface area contributed by atoms with Gasteiger partial charge in [-0.25, -0.2) is 9.97 Å². The lowest BCUT2D eigenvalue weighted by molar-refractivity contribution is 0.218. The molecule has 1 atom stereocenters. The predicted octanol–water partition coefficient (Wildman–Crippen LogP) is 3.80.